The number of hydrogen-bond donors (Lipinski definition) is 2. The molecule has 4 heterocycles. The average Bonchev–Trinajstić information content (AvgIpc) is 3.60. The van der Waals surface area contributed by atoms with Crippen molar-refractivity contribution in [2.75, 3.05) is 19.6 Å². The first-order valence-corrected chi connectivity index (χ1v) is 14.4. The number of amides is 3. The summed E-state index contributed by atoms with van der Waals surface area (Å²) in [6, 6.07) is 7.73. The molecular formula is C27H33Cl2N5O3S. The van der Waals surface area contributed by atoms with Gasteiger partial charge in [0.05, 0.1) is 18.4 Å². The highest BCUT2D eigenvalue weighted by Gasteiger charge is 2.30. The van der Waals surface area contributed by atoms with Crippen molar-refractivity contribution in [1.29, 1.82) is 0 Å². The maximum atomic E-state index is 13.2. The standard InChI is InChI=1S/C27H33Cl2N5O3S/c1-18-14-23(28)32-25(29)24(18)26(35)30-9-5-19(2)33-10-6-21(7-11-33)34(16-20-8-13-38-17-20)27(36)31-15-22-4-3-12-37-22/h3-4,8,12-14,17,19,21H,5-7,9-11,15-16H2,1-2H3,(H,30,35)(H,31,36)/t19-/m1/s1. The predicted octanol–water partition coefficient (Wildman–Crippen LogP) is 5.74. The Morgan fingerprint density at radius 3 is 2.71 bits per heavy atom. The summed E-state index contributed by atoms with van der Waals surface area (Å²) in [6.07, 6.45) is 4.19. The fourth-order valence-corrected chi connectivity index (χ4v) is 6.07. The zero-order valence-electron chi connectivity index (χ0n) is 21.6. The summed E-state index contributed by atoms with van der Waals surface area (Å²) < 4.78 is 5.36. The predicted molar refractivity (Wildman–Crippen MR) is 151 cm³/mol. The van der Waals surface area contributed by atoms with Gasteiger partial charge in [-0.1, -0.05) is 23.2 Å². The number of hydrogen-bond acceptors (Lipinski definition) is 6. The van der Waals surface area contributed by atoms with E-state index in [1.165, 1.54) is 0 Å². The lowest BCUT2D eigenvalue weighted by atomic mass is 10.0. The summed E-state index contributed by atoms with van der Waals surface area (Å²) in [7, 11) is 0. The van der Waals surface area contributed by atoms with Crippen molar-refractivity contribution in [2.24, 2.45) is 0 Å². The van der Waals surface area contributed by atoms with Gasteiger partial charge >= 0.3 is 6.03 Å². The van der Waals surface area contributed by atoms with Crippen LogP contribution in [-0.2, 0) is 13.1 Å². The van der Waals surface area contributed by atoms with Gasteiger partial charge in [-0.25, -0.2) is 9.78 Å². The van der Waals surface area contributed by atoms with Gasteiger partial charge in [0.25, 0.3) is 5.91 Å². The van der Waals surface area contributed by atoms with Gasteiger partial charge in [0.1, 0.15) is 16.1 Å². The first-order chi connectivity index (χ1) is 18.3. The van der Waals surface area contributed by atoms with E-state index in [4.69, 9.17) is 27.6 Å². The number of carbonyl (C=O) groups excluding carboxylic acids is 2. The van der Waals surface area contributed by atoms with Gasteiger partial charge in [0.2, 0.25) is 0 Å². The largest absolute Gasteiger partial charge is 0.467 e. The van der Waals surface area contributed by atoms with E-state index >= 15 is 0 Å². The van der Waals surface area contributed by atoms with Crippen molar-refractivity contribution >= 4 is 46.5 Å². The molecule has 2 N–H and O–H groups in total. The Morgan fingerprint density at radius 2 is 2.05 bits per heavy atom. The Hall–Kier alpha value is -2.59. The monoisotopic (exact) mass is 577 g/mol. The third-order valence-electron chi connectivity index (χ3n) is 6.97. The molecule has 0 aromatic carbocycles. The van der Waals surface area contributed by atoms with Crippen molar-refractivity contribution in [2.45, 2.75) is 58.3 Å². The molecule has 8 nitrogen and oxygen atoms in total. The molecule has 4 rings (SSSR count). The molecule has 0 spiro atoms. The van der Waals surface area contributed by atoms with Gasteiger partial charge in [-0.2, -0.15) is 11.3 Å². The van der Waals surface area contributed by atoms with E-state index in [9.17, 15) is 9.59 Å². The maximum absolute atomic E-state index is 13.2. The first kappa shape index (κ1) is 28.4. The molecular weight excluding hydrogens is 545 g/mol. The zero-order valence-corrected chi connectivity index (χ0v) is 23.9. The number of pyridine rings is 1. The molecule has 1 saturated heterocycles. The number of piperidine rings is 1. The number of nitrogens with zero attached hydrogens (tertiary/aromatic N) is 3. The van der Waals surface area contributed by atoms with Gasteiger partial charge in [-0.3, -0.25) is 4.79 Å². The molecule has 3 aromatic rings. The molecule has 1 aliphatic heterocycles. The lowest BCUT2D eigenvalue weighted by Gasteiger charge is -2.40. The molecule has 3 aromatic heterocycles. The minimum atomic E-state index is -0.243. The fraction of sp³-hybridized carbons (Fsp3) is 0.444. The number of rotatable bonds is 10. The van der Waals surface area contributed by atoms with Gasteiger partial charge < -0.3 is 24.9 Å². The zero-order chi connectivity index (χ0) is 27.1. The summed E-state index contributed by atoms with van der Waals surface area (Å²) in [4.78, 5) is 34.2. The number of nitrogens with one attached hydrogen (secondary N) is 2. The molecule has 0 unspecified atom stereocenters. The SMILES string of the molecule is Cc1cc(Cl)nc(Cl)c1C(=O)NCC[C@@H](C)N1CCC(N(Cc2ccsc2)C(=O)NCc2ccco2)CC1. The Bertz CT molecular complexity index is 1170. The second-order valence-electron chi connectivity index (χ2n) is 9.59. The van der Waals surface area contributed by atoms with E-state index in [1.54, 1.807) is 30.6 Å². The minimum Gasteiger partial charge on any atom is -0.467 e. The number of thiophene rings is 1. The van der Waals surface area contributed by atoms with Crippen LogP contribution in [0.2, 0.25) is 10.3 Å². The number of furan rings is 1. The lowest BCUT2D eigenvalue weighted by Crippen LogP contribution is -2.51. The number of carbonyl (C=O) groups is 2. The Labute approximate surface area is 237 Å². The molecule has 204 valence electrons. The van der Waals surface area contributed by atoms with Crippen LogP contribution in [0, 0.1) is 6.92 Å². The van der Waals surface area contributed by atoms with Crippen LogP contribution in [0.5, 0.6) is 0 Å². The Kier molecular flexibility index (Phi) is 10.1. The summed E-state index contributed by atoms with van der Waals surface area (Å²) in [6.45, 7) is 7.21. The smallest absolute Gasteiger partial charge is 0.318 e. The summed E-state index contributed by atoms with van der Waals surface area (Å²) in [5.74, 6) is 0.488. The molecule has 1 fully saturated rings. The Morgan fingerprint density at radius 1 is 1.26 bits per heavy atom. The molecule has 1 aliphatic rings. The van der Waals surface area contributed by atoms with E-state index in [2.05, 4.69) is 38.9 Å². The second kappa shape index (κ2) is 13.5. The quantitative estimate of drug-likeness (QED) is 0.300. The average molecular weight is 579 g/mol. The van der Waals surface area contributed by atoms with Crippen LogP contribution in [0.1, 0.15) is 53.4 Å². The summed E-state index contributed by atoms with van der Waals surface area (Å²) >= 11 is 13.7. The lowest BCUT2D eigenvalue weighted by molar-refractivity contribution is 0.0903. The molecule has 1 atom stereocenters. The van der Waals surface area contributed by atoms with Crippen molar-refractivity contribution in [1.82, 2.24) is 25.4 Å². The van der Waals surface area contributed by atoms with Crippen molar-refractivity contribution in [3.8, 4) is 0 Å². The van der Waals surface area contributed by atoms with Gasteiger partial charge in [-0.05, 0) is 79.3 Å². The van der Waals surface area contributed by atoms with Crippen LogP contribution in [0.15, 0.2) is 45.7 Å². The van der Waals surface area contributed by atoms with Crippen LogP contribution in [-0.4, -0.2) is 58.4 Å². The van der Waals surface area contributed by atoms with Crippen LogP contribution in [0.25, 0.3) is 0 Å². The highest BCUT2D eigenvalue weighted by Crippen LogP contribution is 2.23. The van der Waals surface area contributed by atoms with E-state index in [1.807, 2.05) is 22.4 Å². The van der Waals surface area contributed by atoms with Crippen LogP contribution >= 0.6 is 34.5 Å². The number of aryl methyl sites for hydroxylation is 1. The third kappa shape index (κ3) is 7.50. The van der Waals surface area contributed by atoms with Gasteiger partial charge in [0, 0.05) is 38.3 Å². The molecule has 3 amide bonds. The molecule has 0 saturated carbocycles. The van der Waals surface area contributed by atoms with Crippen LogP contribution in [0.4, 0.5) is 4.79 Å². The number of aromatic nitrogens is 1. The topological polar surface area (TPSA) is 90.7 Å². The van der Waals surface area contributed by atoms with E-state index in [0.29, 0.717) is 30.8 Å². The maximum Gasteiger partial charge on any atom is 0.318 e. The van der Waals surface area contributed by atoms with Gasteiger partial charge in [-0.15, -0.1) is 0 Å². The van der Waals surface area contributed by atoms with Crippen LogP contribution < -0.4 is 10.6 Å². The fourth-order valence-electron chi connectivity index (χ4n) is 4.80. The molecule has 38 heavy (non-hydrogen) atoms. The minimum absolute atomic E-state index is 0.0764. The Balaban J connectivity index is 1.27. The van der Waals surface area contributed by atoms with Crippen molar-refractivity contribution < 1.29 is 14.0 Å². The second-order valence-corrected chi connectivity index (χ2v) is 11.1. The number of likely N-dealkylation sites (tertiary alicyclic amines) is 1. The molecule has 11 heteroatoms. The molecule has 0 radical (unpaired) electrons. The molecule has 0 bridgehead atoms. The van der Waals surface area contributed by atoms with Crippen LogP contribution in [0.3, 0.4) is 0 Å². The molecule has 0 aliphatic carbocycles. The number of halogens is 2. The van der Waals surface area contributed by atoms with E-state index in [-0.39, 0.29) is 34.3 Å². The first-order valence-electron chi connectivity index (χ1n) is 12.7. The van der Waals surface area contributed by atoms with Crippen molar-refractivity contribution in [3.05, 3.63) is 74.0 Å². The normalized spacial score (nSPS) is 15.3. The van der Waals surface area contributed by atoms with Crippen molar-refractivity contribution in [3.63, 3.8) is 0 Å². The van der Waals surface area contributed by atoms with Gasteiger partial charge in [0.15, 0.2) is 0 Å². The third-order valence-corrected chi connectivity index (χ3v) is 8.17. The highest BCUT2D eigenvalue weighted by atomic mass is 35.5. The highest BCUT2D eigenvalue weighted by molar-refractivity contribution is 7.07. The summed E-state index contributed by atoms with van der Waals surface area (Å²) in [5.41, 5.74) is 2.20. The van der Waals surface area contributed by atoms with E-state index in [0.717, 1.165) is 43.7 Å². The van der Waals surface area contributed by atoms with E-state index < -0.39 is 0 Å². The number of urea groups is 1. The summed E-state index contributed by atoms with van der Waals surface area (Å²) in [5, 5.41) is 10.5.